The second kappa shape index (κ2) is 7.79. The van der Waals surface area contributed by atoms with Crippen LogP contribution in [0.25, 0.3) is 0 Å². The van der Waals surface area contributed by atoms with Crippen LogP contribution in [0, 0.1) is 0 Å². The van der Waals surface area contributed by atoms with Gasteiger partial charge in [0.25, 0.3) is 11.8 Å². The van der Waals surface area contributed by atoms with Crippen LogP contribution in [0.5, 0.6) is 5.75 Å². The second-order valence-electron chi connectivity index (χ2n) is 5.64. The molecular weight excluding hydrogens is 417 g/mol. The molecule has 0 fully saturated rings. The van der Waals surface area contributed by atoms with Crippen LogP contribution in [-0.4, -0.2) is 29.9 Å². The number of benzene rings is 2. The average Bonchev–Trinajstić information content (AvgIpc) is 2.87. The highest BCUT2D eigenvalue weighted by atomic mass is 127. The molecule has 3 rings (SSSR count). The van der Waals surface area contributed by atoms with Gasteiger partial charge in [-0.25, -0.2) is 0 Å². The number of halogens is 1. The van der Waals surface area contributed by atoms with Crippen molar-refractivity contribution in [2.75, 3.05) is 13.2 Å². The van der Waals surface area contributed by atoms with Gasteiger partial charge >= 0.3 is 0 Å². The van der Waals surface area contributed by atoms with Crippen molar-refractivity contribution in [2.45, 2.75) is 17.3 Å². The Morgan fingerprint density at radius 1 is 0.875 bits per heavy atom. The third-order valence-electron chi connectivity index (χ3n) is 4.00. The maximum atomic E-state index is 12.2. The van der Waals surface area contributed by atoms with Crippen LogP contribution in [0.15, 0.2) is 48.5 Å². The summed E-state index contributed by atoms with van der Waals surface area (Å²) in [7, 11) is 0. The van der Waals surface area contributed by atoms with Crippen molar-refractivity contribution in [3.63, 3.8) is 0 Å². The number of alkyl halides is 1. The minimum Gasteiger partial charge on any atom is -0.494 e. The maximum absolute atomic E-state index is 12.2. The molecule has 124 valence electrons. The normalized spacial score (nSPS) is 13.3. The molecule has 0 saturated heterocycles. The third-order valence-corrected chi connectivity index (χ3v) is 4.88. The van der Waals surface area contributed by atoms with Crippen LogP contribution in [-0.2, 0) is 4.43 Å². The molecule has 2 aromatic carbocycles. The van der Waals surface area contributed by atoms with E-state index >= 15 is 0 Å². The first-order chi connectivity index (χ1) is 11.7. The van der Waals surface area contributed by atoms with Crippen molar-refractivity contribution in [1.29, 1.82) is 0 Å². The summed E-state index contributed by atoms with van der Waals surface area (Å²) in [6.07, 6.45) is 1.53. The molecule has 0 atom stereocenters. The van der Waals surface area contributed by atoms with Crippen molar-refractivity contribution >= 4 is 34.4 Å². The fourth-order valence-electron chi connectivity index (χ4n) is 2.68. The van der Waals surface area contributed by atoms with E-state index in [9.17, 15) is 9.59 Å². The number of hydrogen-bond acceptors (Lipinski definition) is 3. The molecule has 1 heterocycles. The Kier molecular flexibility index (Phi) is 5.50. The molecule has 1 aliphatic heterocycles. The number of fused-ring (bicyclic) bond motifs is 1. The second-order valence-corrected chi connectivity index (χ2v) is 6.40. The first-order valence-corrected chi connectivity index (χ1v) is 9.46. The molecule has 0 aromatic heterocycles. The van der Waals surface area contributed by atoms with Crippen LogP contribution in [0.3, 0.4) is 0 Å². The summed E-state index contributed by atoms with van der Waals surface area (Å²) < 4.78 is 6.68. The van der Waals surface area contributed by atoms with Gasteiger partial charge in [-0.15, -0.1) is 0 Å². The first kappa shape index (κ1) is 17.0. The van der Waals surface area contributed by atoms with E-state index in [0.29, 0.717) is 24.3 Å². The lowest BCUT2D eigenvalue weighted by Gasteiger charge is -2.13. The van der Waals surface area contributed by atoms with Gasteiger partial charge in [-0.2, -0.15) is 0 Å². The van der Waals surface area contributed by atoms with Crippen LogP contribution < -0.4 is 4.74 Å². The Morgan fingerprint density at radius 3 is 2.08 bits per heavy atom. The van der Waals surface area contributed by atoms with E-state index in [-0.39, 0.29) is 11.8 Å². The zero-order chi connectivity index (χ0) is 16.9. The average molecular weight is 435 g/mol. The van der Waals surface area contributed by atoms with Crippen molar-refractivity contribution in [3.8, 4) is 5.75 Å². The minimum atomic E-state index is -0.189. The Bertz CT molecular complexity index is 708. The highest BCUT2D eigenvalue weighted by Crippen LogP contribution is 2.22. The van der Waals surface area contributed by atoms with Gasteiger partial charge in [-0.3, -0.25) is 14.5 Å². The van der Waals surface area contributed by atoms with E-state index in [1.807, 2.05) is 12.1 Å². The Morgan fingerprint density at radius 2 is 1.50 bits per heavy atom. The van der Waals surface area contributed by atoms with Crippen molar-refractivity contribution in [1.82, 2.24) is 4.90 Å². The molecule has 24 heavy (non-hydrogen) atoms. The van der Waals surface area contributed by atoms with E-state index in [0.717, 1.165) is 23.0 Å². The monoisotopic (exact) mass is 435 g/mol. The SMILES string of the molecule is O=C1c2ccccc2C(=O)N1CCCCOc1ccc(CI)cc1. The smallest absolute Gasteiger partial charge is 0.261 e. The number of amides is 2. The molecule has 0 saturated carbocycles. The molecule has 2 amide bonds. The van der Waals surface area contributed by atoms with Gasteiger partial charge in [-0.05, 0) is 42.7 Å². The summed E-state index contributed by atoms with van der Waals surface area (Å²) in [5.41, 5.74) is 2.29. The van der Waals surface area contributed by atoms with Gasteiger partial charge in [-0.1, -0.05) is 46.9 Å². The number of imide groups is 1. The molecular formula is C19H18INO3. The summed E-state index contributed by atoms with van der Waals surface area (Å²) in [6, 6.07) is 15.0. The lowest BCUT2D eigenvalue weighted by atomic mass is 10.1. The topological polar surface area (TPSA) is 46.6 Å². The Hall–Kier alpha value is -1.89. The number of unbranched alkanes of at least 4 members (excludes halogenated alkanes) is 1. The van der Waals surface area contributed by atoms with Crippen LogP contribution >= 0.6 is 22.6 Å². The summed E-state index contributed by atoms with van der Waals surface area (Å²) in [6.45, 7) is 1.01. The zero-order valence-corrected chi connectivity index (χ0v) is 15.4. The quantitative estimate of drug-likeness (QED) is 0.285. The number of rotatable bonds is 7. The molecule has 0 radical (unpaired) electrons. The van der Waals surface area contributed by atoms with Crippen molar-refractivity contribution in [3.05, 3.63) is 65.2 Å². The Balaban J connectivity index is 1.44. The third kappa shape index (κ3) is 3.61. The van der Waals surface area contributed by atoms with Gasteiger partial charge < -0.3 is 4.74 Å². The van der Waals surface area contributed by atoms with Crippen molar-refractivity contribution in [2.24, 2.45) is 0 Å². The van der Waals surface area contributed by atoms with E-state index in [2.05, 4.69) is 34.7 Å². The first-order valence-electron chi connectivity index (χ1n) is 7.93. The predicted molar refractivity (Wildman–Crippen MR) is 101 cm³/mol. The number of nitrogens with zero attached hydrogens (tertiary/aromatic N) is 1. The molecule has 4 nitrogen and oxygen atoms in total. The van der Waals surface area contributed by atoms with Gasteiger partial charge in [0.1, 0.15) is 5.75 Å². The molecule has 0 aliphatic carbocycles. The predicted octanol–water partition coefficient (Wildman–Crippen LogP) is 4.08. The lowest BCUT2D eigenvalue weighted by molar-refractivity contribution is 0.0649. The minimum absolute atomic E-state index is 0.189. The van der Waals surface area contributed by atoms with E-state index < -0.39 is 0 Å². The highest BCUT2D eigenvalue weighted by Gasteiger charge is 2.34. The number of carbonyl (C=O) groups excluding carboxylic acids is 2. The van der Waals surface area contributed by atoms with Gasteiger partial charge in [0.15, 0.2) is 0 Å². The number of ether oxygens (including phenoxy) is 1. The van der Waals surface area contributed by atoms with Gasteiger partial charge in [0.2, 0.25) is 0 Å². The van der Waals surface area contributed by atoms with E-state index in [4.69, 9.17) is 4.74 Å². The maximum Gasteiger partial charge on any atom is 0.261 e. The van der Waals surface area contributed by atoms with E-state index in [1.165, 1.54) is 10.5 Å². The fraction of sp³-hybridized carbons (Fsp3) is 0.263. The fourth-order valence-corrected chi connectivity index (χ4v) is 3.19. The molecule has 1 aliphatic rings. The van der Waals surface area contributed by atoms with Crippen LogP contribution in [0.1, 0.15) is 39.1 Å². The van der Waals surface area contributed by atoms with Crippen molar-refractivity contribution < 1.29 is 14.3 Å². The van der Waals surface area contributed by atoms with Gasteiger partial charge in [0.05, 0.1) is 17.7 Å². The van der Waals surface area contributed by atoms with Crippen LogP contribution in [0.4, 0.5) is 0 Å². The largest absolute Gasteiger partial charge is 0.494 e. The highest BCUT2D eigenvalue weighted by molar-refractivity contribution is 14.1. The molecule has 2 aromatic rings. The molecule has 0 unspecified atom stereocenters. The molecule has 5 heteroatoms. The standard InChI is InChI=1S/C19H18INO3/c20-13-14-7-9-15(10-8-14)24-12-4-3-11-21-18(22)16-5-1-2-6-17(16)19(21)23/h1-2,5-10H,3-4,11-13H2. The summed E-state index contributed by atoms with van der Waals surface area (Å²) >= 11 is 2.33. The summed E-state index contributed by atoms with van der Waals surface area (Å²) in [5.74, 6) is 0.473. The summed E-state index contributed by atoms with van der Waals surface area (Å²) in [5, 5.41) is 0. The van der Waals surface area contributed by atoms with Crippen LogP contribution in [0.2, 0.25) is 0 Å². The zero-order valence-electron chi connectivity index (χ0n) is 13.2. The number of carbonyl (C=O) groups is 2. The molecule has 0 bridgehead atoms. The van der Waals surface area contributed by atoms with E-state index in [1.54, 1.807) is 24.3 Å². The summed E-state index contributed by atoms with van der Waals surface area (Å²) in [4.78, 5) is 25.8. The lowest BCUT2D eigenvalue weighted by Crippen LogP contribution is -2.30. The number of hydrogen-bond donors (Lipinski definition) is 0. The van der Waals surface area contributed by atoms with Gasteiger partial charge in [0, 0.05) is 11.0 Å². The Labute approximate surface area is 154 Å². The molecule has 0 N–H and O–H groups in total. The molecule has 0 spiro atoms.